The molecular weight excluding hydrogens is 287 g/mol. The van der Waals surface area contributed by atoms with Gasteiger partial charge in [-0.1, -0.05) is 27.7 Å². The summed E-state index contributed by atoms with van der Waals surface area (Å²) in [4.78, 5) is 9.63. The molecule has 0 aliphatic rings. The van der Waals surface area contributed by atoms with Gasteiger partial charge in [-0.25, -0.2) is 0 Å². The fourth-order valence-electron chi connectivity index (χ4n) is 2.75. The minimum Gasteiger partial charge on any atom is -0.550 e. The molecule has 4 heteroatoms. The molecule has 122 valence electrons. The van der Waals surface area contributed by atoms with Gasteiger partial charge < -0.3 is 9.90 Å². The van der Waals surface area contributed by atoms with Crippen LogP contribution in [0, 0.1) is 0 Å². The third-order valence-electron chi connectivity index (χ3n) is 3.30. The van der Waals surface area contributed by atoms with E-state index in [9.17, 15) is 9.90 Å². The van der Waals surface area contributed by atoms with Crippen LogP contribution < -0.4 is 5.11 Å². The number of aliphatic carboxylic acids is 1. The highest BCUT2D eigenvalue weighted by Gasteiger charge is 2.32. The summed E-state index contributed by atoms with van der Waals surface area (Å²) in [5.74, 6) is -0.308. The fraction of sp³-hybridized carbons (Fsp3) is 0.938. The summed E-state index contributed by atoms with van der Waals surface area (Å²) in [6, 6.07) is 0. The number of hydrogen-bond acceptors (Lipinski definition) is 3. The number of carboxylic acids is 1. The lowest BCUT2D eigenvalue weighted by Crippen LogP contribution is -2.22. The number of rotatable bonds is 11. The molecule has 0 N–H and O–H groups in total. The third-order valence-corrected chi connectivity index (χ3v) is 9.50. The minimum absolute atomic E-state index is 0.168. The summed E-state index contributed by atoms with van der Waals surface area (Å²) in [7, 11) is -0.496. The molecule has 0 saturated carbocycles. The maximum absolute atomic E-state index is 9.63. The van der Waals surface area contributed by atoms with Crippen LogP contribution in [0.2, 0.25) is 0 Å². The second-order valence-electron chi connectivity index (χ2n) is 5.35. The van der Waals surface area contributed by atoms with E-state index < -0.39 is 13.2 Å². The van der Waals surface area contributed by atoms with E-state index in [1.165, 1.54) is 37.4 Å². The van der Waals surface area contributed by atoms with Gasteiger partial charge >= 0.3 is 0 Å². The molecule has 2 nitrogen and oxygen atoms in total. The molecule has 0 aromatic heterocycles. The first kappa shape index (κ1) is 22.5. The molecule has 0 radical (unpaired) electrons. The predicted molar refractivity (Wildman–Crippen MR) is 95.6 cm³/mol. The average molecular weight is 322 g/mol. The largest absolute Gasteiger partial charge is 0.550 e. The van der Waals surface area contributed by atoms with E-state index in [4.69, 9.17) is 0 Å². The van der Waals surface area contributed by atoms with E-state index in [0.29, 0.717) is 5.75 Å². The summed E-state index contributed by atoms with van der Waals surface area (Å²) < 4.78 is 0. The lowest BCUT2D eigenvalue weighted by Gasteiger charge is -2.26. The van der Waals surface area contributed by atoms with Crippen LogP contribution in [0.25, 0.3) is 0 Å². The van der Waals surface area contributed by atoms with Gasteiger partial charge in [0.05, 0.1) is 24.6 Å². The number of hydrogen-bond donors (Lipinski definition) is 0. The zero-order valence-electron chi connectivity index (χ0n) is 14.2. The van der Waals surface area contributed by atoms with E-state index in [-0.39, 0.29) is 6.42 Å². The Kier molecular flexibility index (Phi) is 17.6. The molecule has 0 amide bonds. The molecule has 20 heavy (non-hydrogen) atoms. The zero-order chi connectivity index (χ0) is 15.9. The predicted octanol–water partition coefficient (Wildman–Crippen LogP) is 4.13. The van der Waals surface area contributed by atoms with Gasteiger partial charge in [0.25, 0.3) is 0 Å². The highest BCUT2D eigenvalue weighted by Crippen LogP contribution is 2.60. The van der Waals surface area contributed by atoms with E-state index in [0.717, 1.165) is 0 Å². The Bertz CT molecular complexity index is 193. The molecule has 0 aliphatic heterocycles. The Balaban J connectivity index is 0. The van der Waals surface area contributed by atoms with Crippen molar-refractivity contribution in [3.8, 4) is 0 Å². The molecule has 0 aromatic rings. The van der Waals surface area contributed by atoms with Crippen molar-refractivity contribution in [1.82, 2.24) is 0 Å². The van der Waals surface area contributed by atoms with E-state index in [1.807, 2.05) is 6.26 Å². The Morgan fingerprint density at radius 1 is 0.900 bits per heavy atom. The quantitative estimate of drug-likeness (QED) is 0.537. The van der Waals surface area contributed by atoms with Crippen LogP contribution in [0.3, 0.4) is 0 Å². The van der Waals surface area contributed by atoms with Crippen molar-refractivity contribution >= 4 is 25.0 Å². The van der Waals surface area contributed by atoms with Gasteiger partial charge in [-0.15, -0.1) is 0 Å². The van der Waals surface area contributed by atoms with Crippen LogP contribution in [0.5, 0.6) is 0 Å². The number of thioether (sulfide) groups is 1. The van der Waals surface area contributed by atoms with Crippen molar-refractivity contribution in [3.63, 3.8) is 0 Å². The van der Waals surface area contributed by atoms with Crippen LogP contribution in [0.1, 0.15) is 59.8 Å². The third kappa shape index (κ3) is 13.2. The molecule has 0 fully saturated rings. The van der Waals surface area contributed by atoms with Crippen molar-refractivity contribution in [1.29, 1.82) is 0 Å². The normalized spacial score (nSPS) is 10.8. The lowest BCUT2D eigenvalue weighted by molar-refractivity contribution is -0.305. The van der Waals surface area contributed by atoms with Crippen molar-refractivity contribution in [2.75, 3.05) is 36.7 Å². The molecule has 0 atom stereocenters. The van der Waals surface area contributed by atoms with Crippen molar-refractivity contribution in [3.05, 3.63) is 0 Å². The van der Waals surface area contributed by atoms with E-state index >= 15 is 0 Å². The van der Waals surface area contributed by atoms with Crippen molar-refractivity contribution in [2.45, 2.75) is 59.8 Å². The van der Waals surface area contributed by atoms with Gasteiger partial charge in [0.2, 0.25) is 0 Å². The summed E-state index contributed by atoms with van der Waals surface area (Å²) in [5.41, 5.74) is 0. The van der Waals surface area contributed by atoms with Gasteiger partial charge in [0, 0.05) is 13.2 Å². The SMILES string of the molecule is CCC[P+](CCC)(CCC)CCC.CSCCC(=O)[O-]. The first-order chi connectivity index (χ1) is 9.51. The molecule has 0 aromatic carbocycles. The smallest absolute Gasteiger partial charge is 0.0591 e. The second-order valence-corrected chi connectivity index (χ2v) is 10.8. The molecular formula is C16H35O2PS. The van der Waals surface area contributed by atoms with Crippen molar-refractivity contribution < 1.29 is 9.90 Å². The Labute approximate surface area is 131 Å². The van der Waals surface area contributed by atoms with Gasteiger partial charge in [-0.2, -0.15) is 11.8 Å². The highest BCUT2D eigenvalue weighted by atomic mass is 32.2. The van der Waals surface area contributed by atoms with Gasteiger partial charge in [-0.3, -0.25) is 0 Å². The first-order valence-corrected chi connectivity index (χ1v) is 12.0. The van der Waals surface area contributed by atoms with E-state index in [2.05, 4.69) is 27.7 Å². The monoisotopic (exact) mass is 322 g/mol. The number of carboxylic acid groups (broad SMARTS) is 1. The minimum atomic E-state index is -0.964. The Hall–Kier alpha value is 0.250. The Morgan fingerprint density at radius 3 is 1.40 bits per heavy atom. The van der Waals surface area contributed by atoms with Gasteiger partial charge in [0.15, 0.2) is 0 Å². The maximum Gasteiger partial charge on any atom is 0.0591 e. The highest BCUT2D eigenvalue weighted by molar-refractivity contribution is 7.98. The molecule has 0 spiro atoms. The topological polar surface area (TPSA) is 40.1 Å². The molecule has 0 heterocycles. The first-order valence-electron chi connectivity index (χ1n) is 8.05. The molecule has 0 rings (SSSR count). The standard InChI is InChI=1S/C12H28P.C4H8O2S/c1-5-9-13(10-6-2,11-7-3)12-8-4;1-7-3-2-4(5)6/h5-12H2,1-4H3;2-3H2,1H3,(H,5,6)/q+1;/p-1. The summed E-state index contributed by atoms with van der Waals surface area (Å²) >= 11 is 1.51. The van der Waals surface area contributed by atoms with E-state index in [1.54, 1.807) is 24.6 Å². The van der Waals surface area contributed by atoms with Crippen molar-refractivity contribution in [2.24, 2.45) is 0 Å². The lowest BCUT2D eigenvalue weighted by atomic mass is 10.5. The number of carbonyl (C=O) groups is 1. The summed E-state index contributed by atoms with van der Waals surface area (Å²) in [6.45, 7) is 9.43. The fourth-order valence-corrected chi connectivity index (χ4v) is 8.26. The molecule has 0 aliphatic carbocycles. The average Bonchev–Trinajstić information content (AvgIpc) is 2.38. The maximum atomic E-state index is 9.63. The van der Waals surface area contributed by atoms with Crippen LogP contribution in [-0.2, 0) is 4.79 Å². The summed E-state index contributed by atoms with van der Waals surface area (Å²) in [5, 5.41) is 9.63. The second kappa shape index (κ2) is 15.6. The molecule has 0 saturated heterocycles. The summed E-state index contributed by atoms with van der Waals surface area (Å²) in [6.07, 6.45) is 13.9. The zero-order valence-corrected chi connectivity index (χ0v) is 16.0. The van der Waals surface area contributed by atoms with Gasteiger partial charge in [-0.05, 0) is 44.1 Å². The van der Waals surface area contributed by atoms with Crippen LogP contribution >= 0.6 is 19.0 Å². The molecule has 0 bridgehead atoms. The molecule has 0 unspecified atom stereocenters. The Morgan fingerprint density at radius 2 is 1.25 bits per heavy atom. The van der Waals surface area contributed by atoms with Gasteiger partial charge in [0.1, 0.15) is 0 Å². The van der Waals surface area contributed by atoms with Crippen LogP contribution in [0.15, 0.2) is 0 Å². The number of carbonyl (C=O) groups excluding carboxylic acids is 1. The van der Waals surface area contributed by atoms with Crippen LogP contribution in [-0.4, -0.2) is 42.6 Å². The van der Waals surface area contributed by atoms with Crippen LogP contribution in [0.4, 0.5) is 0 Å².